The molecule has 1 aliphatic rings. The number of carbonyl (C=O) groups is 2. The molecule has 142 valence electrons. The smallest absolute Gasteiger partial charge is 0.241 e. The van der Waals surface area contributed by atoms with Gasteiger partial charge < -0.3 is 10.6 Å². The third kappa shape index (κ3) is 4.37. The van der Waals surface area contributed by atoms with E-state index in [2.05, 4.69) is 10.6 Å². The number of hydrogen-bond donors (Lipinski definition) is 2. The molecule has 0 aliphatic carbocycles. The Bertz CT molecular complexity index is 791. The Labute approximate surface area is 160 Å². The lowest BCUT2D eigenvalue weighted by Crippen LogP contribution is -2.55. The molecule has 27 heavy (non-hydrogen) atoms. The number of nitrogens with zero attached hydrogens (tertiary/aromatic N) is 1. The second-order valence-corrected chi connectivity index (χ2v) is 6.94. The van der Waals surface area contributed by atoms with Gasteiger partial charge in [-0.1, -0.05) is 55.0 Å². The summed E-state index contributed by atoms with van der Waals surface area (Å²) in [5.41, 5.74) is 2.83. The van der Waals surface area contributed by atoms with Crippen LogP contribution in [-0.2, 0) is 9.59 Å². The van der Waals surface area contributed by atoms with Gasteiger partial charge in [0.1, 0.15) is 0 Å². The molecule has 0 bridgehead atoms. The molecule has 2 aromatic carbocycles. The SMILES string of the molecule is CNC(=O)C1CCCCN1C(C)C(=O)Nc1ccccc1-c1ccccc1. The number of likely N-dealkylation sites (N-methyl/N-ethyl adjacent to an activating group) is 1. The van der Waals surface area contributed by atoms with Gasteiger partial charge in [0, 0.05) is 18.3 Å². The summed E-state index contributed by atoms with van der Waals surface area (Å²) in [6.45, 7) is 2.63. The number of carbonyl (C=O) groups excluding carboxylic acids is 2. The molecule has 2 amide bonds. The molecule has 1 saturated heterocycles. The molecule has 2 N–H and O–H groups in total. The van der Waals surface area contributed by atoms with Crippen LogP contribution in [0.4, 0.5) is 5.69 Å². The molecule has 5 nitrogen and oxygen atoms in total. The fraction of sp³-hybridized carbons (Fsp3) is 0.364. The van der Waals surface area contributed by atoms with Gasteiger partial charge in [-0.3, -0.25) is 14.5 Å². The van der Waals surface area contributed by atoms with Crippen molar-refractivity contribution in [3.8, 4) is 11.1 Å². The van der Waals surface area contributed by atoms with Crippen molar-refractivity contribution in [3.05, 3.63) is 54.6 Å². The van der Waals surface area contributed by atoms with E-state index in [0.29, 0.717) is 0 Å². The molecule has 0 spiro atoms. The number of benzene rings is 2. The van der Waals surface area contributed by atoms with Crippen LogP contribution < -0.4 is 10.6 Å². The first-order chi connectivity index (χ1) is 13.1. The fourth-order valence-electron chi connectivity index (χ4n) is 3.71. The van der Waals surface area contributed by atoms with E-state index in [1.807, 2.05) is 66.4 Å². The van der Waals surface area contributed by atoms with Crippen LogP contribution in [0.15, 0.2) is 54.6 Å². The zero-order chi connectivity index (χ0) is 19.2. The summed E-state index contributed by atoms with van der Waals surface area (Å²) in [5, 5.41) is 5.80. The summed E-state index contributed by atoms with van der Waals surface area (Å²) in [5.74, 6) is -0.104. The van der Waals surface area contributed by atoms with Crippen LogP contribution >= 0.6 is 0 Å². The van der Waals surface area contributed by atoms with Crippen LogP contribution in [0.3, 0.4) is 0 Å². The molecule has 1 fully saturated rings. The molecule has 1 aliphatic heterocycles. The summed E-state index contributed by atoms with van der Waals surface area (Å²) in [6, 6.07) is 17.2. The predicted molar refractivity (Wildman–Crippen MR) is 108 cm³/mol. The molecule has 5 heteroatoms. The number of likely N-dealkylation sites (tertiary alicyclic amines) is 1. The fourth-order valence-corrected chi connectivity index (χ4v) is 3.71. The Morgan fingerprint density at radius 3 is 2.48 bits per heavy atom. The van der Waals surface area contributed by atoms with Gasteiger partial charge in [0.25, 0.3) is 0 Å². The van der Waals surface area contributed by atoms with Gasteiger partial charge in [-0.15, -0.1) is 0 Å². The highest BCUT2D eigenvalue weighted by atomic mass is 16.2. The first-order valence-corrected chi connectivity index (χ1v) is 9.54. The first kappa shape index (κ1) is 19.1. The van der Waals surface area contributed by atoms with Crippen LogP contribution in [0.2, 0.25) is 0 Å². The van der Waals surface area contributed by atoms with Crippen molar-refractivity contribution in [2.45, 2.75) is 38.3 Å². The largest absolute Gasteiger partial charge is 0.358 e. The molecular formula is C22H27N3O2. The van der Waals surface area contributed by atoms with Crippen molar-refractivity contribution in [2.24, 2.45) is 0 Å². The van der Waals surface area contributed by atoms with Crippen LogP contribution in [0.25, 0.3) is 11.1 Å². The summed E-state index contributed by atoms with van der Waals surface area (Å²) in [4.78, 5) is 27.2. The predicted octanol–water partition coefficient (Wildman–Crippen LogP) is 3.28. The van der Waals surface area contributed by atoms with E-state index in [1.165, 1.54) is 0 Å². The maximum atomic E-state index is 13.0. The van der Waals surface area contributed by atoms with Gasteiger partial charge in [0.2, 0.25) is 11.8 Å². The molecule has 0 saturated carbocycles. The Hall–Kier alpha value is -2.66. The Morgan fingerprint density at radius 2 is 1.74 bits per heavy atom. The minimum Gasteiger partial charge on any atom is -0.358 e. The van der Waals surface area contributed by atoms with Crippen LogP contribution in [0, 0.1) is 0 Å². The van der Waals surface area contributed by atoms with Crippen molar-refractivity contribution in [1.29, 1.82) is 0 Å². The molecule has 2 unspecified atom stereocenters. The van der Waals surface area contributed by atoms with E-state index in [0.717, 1.165) is 42.6 Å². The lowest BCUT2D eigenvalue weighted by molar-refractivity contribution is -0.131. The number of anilines is 1. The van der Waals surface area contributed by atoms with Gasteiger partial charge in [0.15, 0.2) is 0 Å². The summed E-state index contributed by atoms with van der Waals surface area (Å²) >= 11 is 0. The van der Waals surface area contributed by atoms with E-state index >= 15 is 0 Å². The van der Waals surface area contributed by atoms with Crippen molar-refractivity contribution >= 4 is 17.5 Å². The third-order valence-corrected chi connectivity index (χ3v) is 5.24. The summed E-state index contributed by atoms with van der Waals surface area (Å²) < 4.78 is 0. The quantitative estimate of drug-likeness (QED) is 0.855. The zero-order valence-corrected chi connectivity index (χ0v) is 15.9. The van der Waals surface area contributed by atoms with Crippen LogP contribution in [0.1, 0.15) is 26.2 Å². The van der Waals surface area contributed by atoms with Gasteiger partial charge in [-0.05, 0) is 37.9 Å². The maximum Gasteiger partial charge on any atom is 0.241 e. The highest BCUT2D eigenvalue weighted by molar-refractivity contribution is 5.98. The minimum atomic E-state index is -0.378. The van der Waals surface area contributed by atoms with Crippen molar-refractivity contribution < 1.29 is 9.59 Å². The topological polar surface area (TPSA) is 61.4 Å². The first-order valence-electron chi connectivity index (χ1n) is 9.54. The average Bonchev–Trinajstić information content (AvgIpc) is 2.73. The van der Waals surface area contributed by atoms with Gasteiger partial charge in [-0.2, -0.15) is 0 Å². The third-order valence-electron chi connectivity index (χ3n) is 5.24. The number of piperidine rings is 1. The van der Waals surface area contributed by atoms with E-state index in [9.17, 15) is 9.59 Å². The van der Waals surface area contributed by atoms with Crippen molar-refractivity contribution in [3.63, 3.8) is 0 Å². The molecule has 2 atom stereocenters. The van der Waals surface area contributed by atoms with Crippen LogP contribution in [0.5, 0.6) is 0 Å². The highest BCUT2D eigenvalue weighted by Crippen LogP contribution is 2.28. The molecule has 2 aromatic rings. The average molecular weight is 365 g/mol. The van der Waals surface area contributed by atoms with E-state index < -0.39 is 0 Å². The standard InChI is InChI=1S/C22H27N3O2/c1-16(25-15-9-8-14-20(25)22(27)23-2)21(26)24-19-13-7-6-12-18(19)17-10-4-3-5-11-17/h3-7,10-13,16,20H,8-9,14-15H2,1-2H3,(H,23,27)(H,24,26). The lowest BCUT2D eigenvalue weighted by Gasteiger charge is -2.37. The molecule has 0 radical (unpaired) electrons. The number of amides is 2. The van der Waals surface area contributed by atoms with Crippen molar-refractivity contribution in [2.75, 3.05) is 18.9 Å². The monoisotopic (exact) mass is 365 g/mol. The van der Waals surface area contributed by atoms with Crippen LogP contribution in [-0.4, -0.2) is 42.4 Å². The lowest BCUT2D eigenvalue weighted by atomic mass is 9.99. The Kier molecular flexibility index (Phi) is 6.24. The Morgan fingerprint density at radius 1 is 1.04 bits per heavy atom. The second-order valence-electron chi connectivity index (χ2n) is 6.94. The van der Waals surface area contributed by atoms with Gasteiger partial charge in [-0.25, -0.2) is 0 Å². The van der Waals surface area contributed by atoms with E-state index in [4.69, 9.17) is 0 Å². The Balaban J connectivity index is 1.78. The molecular weight excluding hydrogens is 338 g/mol. The summed E-state index contributed by atoms with van der Waals surface area (Å²) in [7, 11) is 1.65. The molecule has 1 heterocycles. The minimum absolute atomic E-state index is 0.0148. The maximum absolute atomic E-state index is 13.0. The zero-order valence-electron chi connectivity index (χ0n) is 15.9. The number of para-hydroxylation sites is 1. The number of hydrogen-bond acceptors (Lipinski definition) is 3. The number of nitrogens with one attached hydrogen (secondary N) is 2. The van der Waals surface area contributed by atoms with Crippen molar-refractivity contribution in [1.82, 2.24) is 10.2 Å². The number of rotatable bonds is 5. The summed E-state index contributed by atoms with van der Waals surface area (Å²) in [6.07, 6.45) is 2.81. The normalized spacial score (nSPS) is 18.5. The molecule has 0 aromatic heterocycles. The highest BCUT2D eigenvalue weighted by Gasteiger charge is 2.34. The second kappa shape index (κ2) is 8.82. The van der Waals surface area contributed by atoms with E-state index in [-0.39, 0.29) is 23.9 Å². The van der Waals surface area contributed by atoms with E-state index in [1.54, 1.807) is 7.05 Å². The van der Waals surface area contributed by atoms with Gasteiger partial charge >= 0.3 is 0 Å². The van der Waals surface area contributed by atoms with Gasteiger partial charge in [0.05, 0.1) is 12.1 Å². The molecule has 3 rings (SSSR count).